The summed E-state index contributed by atoms with van der Waals surface area (Å²) < 4.78 is 11.1. The van der Waals surface area contributed by atoms with Crippen LogP contribution in [0.1, 0.15) is 50.4 Å². The van der Waals surface area contributed by atoms with Crippen LogP contribution in [0.25, 0.3) is 0 Å². The summed E-state index contributed by atoms with van der Waals surface area (Å²) in [6.07, 6.45) is 3.37. The molecule has 1 atom stereocenters. The first kappa shape index (κ1) is 16.7. The van der Waals surface area contributed by atoms with Crippen LogP contribution >= 0.6 is 0 Å². The highest BCUT2D eigenvalue weighted by Gasteiger charge is 2.24. The van der Waals surface area contributed by atoms with Crippen molar-refractivity contribution in [3.8, 4) is 11.5 Å². The van der Waals surface area contributed by atoms with Crippen molar-refractivity contribution in [2.45, 2.75) is 46.1 Å². The van der Waals surface area contributed by atoms with E-state index < -0.39 is 0 Å². The van der Waals surface area contributed by atoms with Crippen LogP contribution in [-0.2, 0) is 0 Å². The molecular formula is C18H27NO3. The smallest absolute Gasteiger partial charge is 0.254 e. The Labute approximate surface area is 133 Å². The first-order valence-corrected chi connectivity index (χ1v) is 8.14. The average molecular weight is 305 g/mol. The fourth-order valence-electron chi connectivity index (χ4n) is 2.74. The molecule has 2 rings (SSSR count). The van der Waals surface area contributed by atoms with Crippen molar-refractivity contribution >= 4 is 5.91 Å². The van der Waals surface area contributed by atoms with Gasteiger partial charge in [-0.25, -0.2) is 0 Å². The molecule has 0 bridgehead atoms. The van der Waals surface area contributed by atoms with Crippen LogP contribution in [0.3, 0.4) is 0 Å². The minimum Gasteiger partial charge on any atom is -0.493 e. The lowest BCUT2D eigenvalue weighted by molar-refractivity contribution is 0.0635. The van der Waals surface area contributed by atoms with Gasteiger partial charge in [-0.1, -0.05) is 13.8 Å². The van der Waals surface area contributed by atoms with E-state index >= 15 is 0 Å². The van der Waals surface area contributed by atoms with Crippen LogP contribution in [-0.4, -0.2) is 37.1 Å². The zero-order chi connectivity index (χ0) is 16.1. The maximum atomic E-state index is 12.7. The van der Waals surface area contributed by atoms with Gasteiger partial charge >= 0.3 is 0 Å². The van der Waals surface area contributed by atoms with Crippen molar-refractivity contribution < 1.29 is 14.3 Å². The van der Waals surface area contributed by atoms with E-state index in [1.165, 1.54) is 6.42 Å². The van der Waals surface area contributed by atoms with Gasteiger partial charge in [0.1, 0.15) is 0 Å². The first-order chi connectivity index (χ1) is 10.5. The van der Waals surface area contributed by atoms with Gasteiger partial charge in [0.05, 0.1) is 13.7 Å². The summed E-state index contributed by atoms with van der Waals surface area (Å²) in [5, 5.41) is 0. The number of amides is 1. The number of likely N-dealkylation sites (tertiary alicyclic amines) is 1. The lowest BCUT2D eigenvalue weighted by Crippen LogP contribution is -2.42. The highest BCUT2D eigenvalue weighted by Crippen LogP contribution is 2.30. The van der Waals surface area contributed by atoms with Crippen molar-refractivity contribution in [3.05, 3.63) is 23.8 Å². The van der Waals surface area contributed by atoms with Crippen molar-refractivity contribution in [2.75, 3.05) is 20.3 Å². The number of ether oxygens (including phenoxy) is 2. The molecular weight excluding hydrogens is 278 g/mol. The molecule has 4 heteroatoms. The Hall–Kier alpha value is -1.71. The van der Waals surface area contributed by atoms with E-state index in [0.29, 0.717) is 35.6 Å². The van der Waals surface area contributed by atoms with Crippen molar-refractivity contribution in [2.24, 2.45) is 5.92 Å². The SMILES string of the molecule is COc1cc(C(=O)N2CCCCC2C)ccc1OCC(C)C. The third-order valence-electron chi connectivity index (χ3n) is 4.05. The topological polar surface area (TPSA) is 38.8 Å². The number of rotatable bonds is 5. The van der Waals surface area contributed by atoms with Crippen LogP contribution in [0.4, 0.5) is 0 Å². The van der Waals surface area contributed by atoms with E-state index in [9.17, 15) is 4.79 Å². The number of piperidine rings is 1. The van der Waals surface area contributed by atoms with Gasteiger partial charge < -0.3 is 14.4 Å². The van der Waals surface area contributed by atoms with E-state index in [0.717, 1.165) is 19.4 Å². The van der Waals surface area contributed by atoms with Gasteiger partial charge in [0.15, 0.2) is 11.5 Å². The summed E-state index contributed by atoms with van der Waals surface area (Å²) in [6.45, 7) is 7.79. The van der Waals surface area contributed by atoms with E-state index in [4.69, 9.17) is 9.47 Å². The van der Waals surface area contributed by atoms with Crippen LogP contribution in [0.15, 0.2) is 18.2 Å². The second-order valence-electron chi connectivity index (χ2n) is 6.41. The zero-order valence-electron chi connectivity index (χ0n) is 14.1. The van der Waals surface area contributed by atoms with E-state index in [-0.39, 0.29) is 5.91 Å². The Bertz CT molecular complexity index is 513. The predicted molar refractivity (Wildman–Crippen MR) is 87.7 cm³/mol. The molecule has 4 nitrogen and oxygen atoms in total. The quantitative estimate of drug-likeness (QED) is 0.831. The summed E-state index contributed by atoms with van der Waals surface area (Å²) in [5.41, 5.74) is 0.669. The van der Waals surface area contributed by atoms with Crippen molar-refractivity contribution in [1.29, 1.82) is 0 Å². The lowest BCUT2D eigenvalue weighted by Gasteiger charge is -2.33. The van der Waals surface area contributed by atoms with Gasteiger partial charge in [-0.3, -0.25) is 4.79 Å². The molecule has 1 amide bonds. The summed E-state index contributed by atoms with van der Waals surface area (Å²) in [6, 6.07) is 5.77. The number of benzene rings is 1. The first-order valence-electron chi connectivity index (χ1n) is 8.14. The third-order valence-corrected chi connectivity index (χ3v) is 4.05. The minimum absolute atomic E-state index is 0.0842. The Morgan fingerprint density at radius 1 is 1.32 bits per heavy atom. The molecule has 0 aromatic heterocycles. The normalized spacial score (nSPS) is 18.4. The predicted octanol–water partition coefficient (Wildman–Crippen LogP) is 3.74. The molecule has 1 saturated heterocycles. The molecule has 0 aliphatic carbocycles. The van der Waals surface area contributed by atoms with Gasteiger partial charge in [-0.05, 0) is 50.3 Å². The Kier molecular flexibility index (Phi) is 5.69. The molecule has 1 aliphatic rings. The summed E-state index contributed by atoms with van der Waals surface area (Å²) >= 11 is 0. The molecule has 1 unspecified atom stereocenters. The van der Waals surface area contributed by atoms with Gasteiger partial charge in [0.25, 0.3) is 5.91 Å². The lowest BCUT2D eigenvalue weighted by atomic mass is 10.0. The second kappa shape index (κ2) is 7.52. The molecule has 1 aromatic carbocycles. The van der Waals surface area contributed by atoms with E-state index in [2.05, 4.69) is 20.8 Å². The summed E-state index contributed by atoms with van der Waals surface area (Å²) in [7, 11) is 1.61. The molecule has 0 saturated carbocycles. The van der Waals surface area contributed by atoms with Crippen LogP contribution < -0.4 is 9.47 Å². The van der Waals surface area contributed by atoms with Crippen LogP contribution in [0, 0.1) is 5.92 Å². The van der Waals surface area contributed by atoms with Gasteiger partial charge in [-0.15, -0.1) is 0 Å². The Balaban J connectivity index is 2.15. The molecule has 1 aromatic rings. The monoisotopic (exact) mass is 305 g/mol. The number of hydrogen-bond acceptors (Lipinski definition) is 3. The number of methoxy groups -OCH3 is 1. The molecule has 1 heterocycles. The maximum absolute atomic E-state index is 12.7. The molecule has 0 radical (unpaired) electrons. The summed E-state index contributed by atoms with van der Waals surface area (Å²) in [5.74, 6) is 1.84. The molecule has 122 valence electrons. The number of nitrogens with zero attached hydrogens (tertiary/aromatic N) is 1. The second-order valence-corrected chi connectivity index (χ2v) is 6.41. The average Bonchev–Trinajstić information content (AvgIpc) is 2.52. The fourth-order valence-corrected chi connectivity index (χ4v) is 2.74. The molecule has 22 heavy (non-hydrogen) atoms. The standard InChI is InChI=1S/C18H27NO3/c1-13(2)12-22-16-9-8-15(11-17(16)21-4)18(20)19-10-6-5-7-14(19)3/h8-9,11,13-14H,5-7,10,12H2,1-4H3. The number of carbonyl (C=O) groups excluding carboxylic acids is 1. The van der Waals surface area contributed by atoms with Gasteiger partial charge in [-0.2, -0.15) is 0 Å². The van der Waals surface area contributed by atoms with Gasteiger partial charge in [0.2, 0.25) is 0 Å². The molecule has 1 aliphatic heterocycles. The van der Waals surface area contributed by atoms with Crippen molar-refractivity contribution in [1.82, 2.24) is 4.90 Å². The minimum atomic E-state index is 0.0842. The number of hydrogen-bond donors (Lipinski definition) is 0. The Morgan fingerprint density at radius 3 is 2.73 bits per heavy atom. The summed E-state index contributed by atoms with van der Waals surface area (Å²) in [4.78, 5) is 14.7. The highest BCUT2D eigenvalue weighted by molar-refractivity contribution is 5.95. The largest absolute Gasteiger partial charge is 0.493 e. The number of carbonyl (C=O) groups is 1. The highest BCUT2D eigenvalue weighted by atomic mass is 16.5. The van der Waals surface area contributed by atoms with Crippen LogP contribution in [0.5, 0.6) is 11.5 Å². The molecule has 1 fully saturated rings. The van der Waals surface area contributed by atoms with E-state index in [1.54, 1.807) is 13.2 Å². The van der Waals surface area contributed by atoms with Crippen LogP contribution in [0.2, 0.25) is 0 Å². The third kappa shape index (κ3) is 3.93. The zero-order valence-corrected chi connectivity index (χ0v) is 14.1. The van der Waals surface area contributed by atoms with E-state index in [1.807, 2.05) is 17.0 Å². The molecule has 0 spiro atoms. The van der Waals surface area contributed by atoms with Crippen molar-refractivity contribution in [3.63, 3.8) is 0 Å². The van der Waals surface area contributed by atoms with Gasteiger partial charge in [0, 0.05) is 18.2 Å². The Morgan fingerprint density at radius 2 is 2.09 bits per heavy atom. The maximum Gasteiger partial charge on any atom is 0.254 e. The molecule has 0 N–H and O–H groups in total. The fraction of sp³-hybridized carbons (Fsp3) is 0.611.